The molecule has 3 aromatic rings. The molecule has 1 heterocycles. The third-order valence-electron chi connectivity index (χ3n) is 4.76. The summed E-state index contributed by atoms with van der Waals surface area (Å²) in [6.45, 7) is 0.949. The molecule has 0 aliphatic carbocycles. The number of nitrogens with one attached hydrogen (secondary N) is 1. The second-order valence-corrected chi connectivity index (χ2v) is 9.47. The van der Waals surface area contributed by atoms with Gasteiger partial charge in [-0.25, -0.2) is 0 Å². The number of thioether (sulfide) groups is 2. The van der Waals surface area contributed by atoms with Gasteiger partial charge in [-0.15, -0.1) is 23.5 Å². The van der Waals surface area contributed by atoms with Crippen molar-refractivity contribution in [2.75, 3.05) is 11.5 Å². The Morgan fingerprint density at radius 1 is 0.862 bits per heavy atom. The molecule has 3 nitrogen and oxygen atoms in total. The lowest BCUT2D eigenvalue weighted by molar-refractivity contribution is 0.0950. The summed E-state index contributed by atoms with van der Waals surface area (Å²) in [4.78, 5) is 12.6. The van der Waals surface area contributed by atoms with Crippen LogP contribution in [0.25, 0.3) is 0 Å². The standard InChI is InChI=1S/C24H23NO2S2/c26-23(18-10-12-19(13-11-18)24-28-14-15-29-24)25-16-20-6-4-5-7-21(20)17-27-22-8-2-1-3-9-22/h1-13,24H,14-17H2,(H,25,26). The Morgan fingerprint density at radius 2 is 1.52 bits per heavy atom. The van der Waals surface area contributed by atoms with Gasteiger partial charge >= 0.3 is 0 Å². The van der Waals surface area contributed by atoms with E-state index in [1.165, 1.54) is 17.1 Å². The Morgan fingerprint density at radius 3 is 2.24 bits per heavy atom. The highest BCUT2D eigenvalue weighted by Crippen LogP contribution is 2.45. The molecule has 29 heavy (non-hydrogen) atoms. The van der Waals surface area contributed by atoms with Crippen LogP contribution in [-0.2, 0) is 13.2 Å². The summed E-state index contributed by atoms with van der Waals surface area (Å²) in [6.07, 6.45) is 0. The van der Waals surface area contributed by atoms with Gasteiger partial charge in [0.25, 0.3) is 5.91 Å². The lowest BCUT2D eigenvalue weighted by Gasteiger charge is -2.13. The summed E-state index contributed by atoms with van der Waals surface area (Å²) in [7, 11) is 0. The van der Waals surface area contributed by atoms with Crippen LogP contribution in [0.1, 0.15) is 31.6 Å². The molecule has 1 aliphatic rings. The molecule has 0 bridgehead atoms. The Bertz CT molecular complexity index is 939. The first-order valence-corrected chi connectivity index (χ1v) is 11.8. The zero-order valence-corrected chi connectivity index (χ0v) is 17.7. The predicted molar refractivity (Wildman–Crippen MR) is 122 cm³/mol. The number of para-hydroxylation sites is 1. The lowest BCUT2D eigenvalue weighted by Crippen LogP contribution is -2.23. The summed E-state index contributed by atoms with van der Waals surface area (Å²) >= 11 is 3.94. The number of benzene rings is 3. The first-order chi connectivity index (χ1) is 14.3. The fraction of sp³-hybridized carbons (Fsp3) is 0.208. The fourth-order valence-electron chi connectivity index (χ4n) is 3.17. The maximum absolute atomic E-state index is 12.6. The maximum Gasteiger partial charge on any atom is 0.251 e. The van der Waals surface area contributed by atoms with Crippen LogP contribution in [0.4, 0.5) is 0 Å². The molecule has 4 rings (SSSR count). The number of carbonyl (C=O) groups is 1. The molecule has 0 radical (unpaired) electrons. The van der Waals surface area contributed by atoms with Gasteiger partial charge < -0.3 is 10.1 Å². The highest BCUT2D eigenvalue weighted by molar-refractivity contribution is 8.19. The normalized spacial score (nSPS) is 13.9. The molecule has 1 N–H and O–H groups in total. The van der Waals surface area contributed by atoms with Crippen molar-refractivity contribution < 1.29 is 9.53 Å². The number of rotatable bonds is 7. The Kier molecular flexibility index (Phi) is 6.80. The molecular weight excluding hydrogens is 398 g/mol. The summed E-state index contributed by atoms with van der Waals surface area (Å²) in [5, 5.41) is 3.04. The number of hydrogen-bond acceptors (Lipinski definition) is 4. The Labute approximate surface area is 180 Å². The SMILES string of the molecule is O=C(NCc1ccccc1COc1ccccc1)c1ccc(C2SCCS2)cc1. The summed E-state index contributed by atoms with van der Waals surface area (Å²) in [5.41, 5.74) is 4.12. The van der Waals surface area contributed by atoms with Crippen LogP contribution in [0.15, 0.2) is 78.9 Å². The lowest BCUT2D eigenvalue weighted by atomic mass is 10.1. The van der Waals surface area contributed by atoms with E-state index in [2.05, 4.69) is 17.4 Å². The van der Waals surface area contributed by atoms with Gasteiger partial charge in [0, 0.05) is 23.6 Å². The number of amides is 1. The van der Waals surface area contributed by atoms with E-state index < -0.39 is 0 Å². The van der Waals surface area contributed by atoms with Crippen LogP contribution in [-0.4, -0.2) is 17.4 Å². The average Bonchev–Trinajstić information content (AvgIpc) is 3.32. The minimum absolute atomic E-state index is 0.0536. The van der Waals surface area contributed by atoms with Gasteiger partial charge in [-0.1, -0.05) is 54.6 Å². The van der Waals surface area contributed by atoms with E-state index in [-0.39, 0.29) is 5.91 Å². The van der Waals surface area contributed by atoms with E-state index in [4.69, 9.17) is 4.74 Å². The van der Waals surface area contributed by atoms with Crippen LogP contribution in [0, 0.1) is 0 Å². The minimum Gasteiger partial charge on any atom is -0.489 e. The van der Waals surface area contributed by atoms with Crippen LogP contribution in [0.5, 0.6) is 5.75 Å². The average molecular weight is 422 g/mol. The molecule has 0 atom stereocenters. The van der Waals surface area contributed by atoms with Gasteiger partial charge in [0.1, 0.15) is 12.4 Å². The van der Waals surface area contributed by atoms with Crippen LogP contribution in [0.2, 0.25) is 0 Å². The first-order valence-electron chi connectivity index (χ1n) is 9.65. The van der Waals surface area contributed by atoms with E-state index in [9.17, 15) is 4.79 Å². The monoisotopic (exact) mass is 421 g/mol. The van der Waals surface area contributed by atoms with Crippen molar-refractivity contribution >= 4 is 29.4 Å². The summed E-state index contributed by atoms with van der Waals surface area (Å²) < 4.78 is 6.37. The maximum atomic E-state index is 12.6. The van der Waals surface area contributed by atoms with Gasteiger partial charge in [-0.3, -0.25) is 4.79 Å². The highest BCUT2D eigenvalue weighted by Gasteiger charge is 2.18. The van der Waals surface area contributed by atoms with Crippen molar-refractivity contribution in [2.45, 2.75) is 17.7 Å². The van der Waals surface area contributed by atoms with E-state index in [1.54, 1.807) is 0 Å². The second kappa shape index (κ2) is 9.90. The quantitative estimate of drug-likeness (QED) is 0.533. The second-order valence-electron chi connectivity index (χ2n) is 6.75. The number of hydrogen-bond donors (Lipinski definition) is 1. The van der Waals surface area contributed by atoms with Crippen LogP contribution >= 0.6 is 23.5 Å². The van der Waals surface area contributed by atoms with E-state index in [1.807, 2.05) is 90.3 Å². The number of ether oxygens (including phenoxy) is 1. The Hall–Kier alpha value is -2.37. The third kappa shape index (κ3) is 5.37. The minimum atomic E-state index is -0.0536. The van der Waals surface area contributed by atoms with Gasteiger partial charge in [-0.05, 0) is 41.0 Å². The topological polar surface area (TPSA) is 38.3 Å². The summed E-state index contributed by atoms with van der Waals surface area (Å²) in [6, 6.07) is 25.8. The van der Waals surface area contributed by atoms with Crippen molar-refractivity contribution in [3.05, 3.63) is 101 Å². The highest BCUT2D eigenvalue weighted by atomic mass is 32.2. The van der Waals surface area contributed by atoms with E-state index in [0.29, 0.717) is 23.3 Å². The van der Waals surface area contributed by atoms with Crippen molar-refractivity contribution in [1.29, 1.82) is 0 Å². The van der Waals surface area contributed by atoms with Crippen molar-refractivity contribution in [3.8, 4) is 5.75 Å². The molecule has 148 valence electrons. The molecule has 0 unspecified atom stereocenters. The fourth-order valence-corrected chi connectivity index (χ4v) is 6.03. The Balaban J connectivity index is 1.35. The van der Waals surface area contributed by atoms with Gasteiger partial charge in [0.05, 0.1) is 4.58 Å². The van der Waals surface area contributed by atoms with Crippen molar-refractivity contribution in [2.24, 2.45) is 0 Å². The molecule has 5 heteroatoms. The van der Waals surface area contributed by atoms with Crippen molar-refractivity contribution in [1.82, 2.24) is 5.32 Å². The molecule has 0 aromatic heterocycles. The van der Waals surface area contributed by atoms with Crippen LogP contribution in [0.3, 0.4) is 0 Å². The van der Waals surface area contributed by atoms with Crippen molar-refractivity contribution in [3.63, 3.8) is 0 Å². The number of carbonyl (C=O) groups excluding carboxylic acids is 1. The zero-order chi connectivity index (χ0) is 19.9. The first kappa shape index (κ1) is 19.9. The molecule has 0 saturated carbocycles. The van der Waals surface area contributed by atoms with E-state index >= 15 is 0 Å². The van der Waals surface area contributed by atoms with Gasteiger partial charge in [0.2, 0.25) is 0 Å². The van der Waals surface area contributed by atoms with Crippen LogP contribution < -0.4 is 10.1 Å². The molecule has 1 fully saturated rings. The molecule has 1 amide bonds. The summed E-state index contributed by atoms with van der Waals surface area (Å²) in [5.74, 6) is 3.18. The molecule has 1 saturated heterocycles. The third-order valence-corrected chi connectivity index (χ3v) is 7.87. The van der Waals surface area contributed by atoms with Gasteiger partial charge in [-0.2, -0.15) is 0 Å². The smallest absolute Gasteiger partial charge is 0.251 e. The molecule has 0 spiro atoms. The largest absolute Gasteiger partial charge is 0.489 e. The predicted octanol–water partition coefficient (Wildman–Crippen LogP) is 5.67. The van der Waals surface area contributed by atoms with E-state index in [0.717, 1.165) is 16.9 Å². The molecular formula is C24H23NO2S2. The molecule has 1 aliphatic heterocycles. The van der Waals surface area contributed by atoms with Gasteiger partial charge in [0.15, 0.2) is 0 Å². The molecule has 3 aromatic carbocycles. The zero-order valence-electron chi connectivity index (χ0n) is 16.0.